The molecule has 0 rings (SSSR count). The highest BCUT2D eigenvalue weighted by atomic mass is 16.4. The number of nitrogens with two attached hydrogens (primary N) is 1. The molecule has 2 amide bonds. The van der Waals surface area contributed by atoms with Gasteiger partial charge in [0.15, 0.2) is 6.23 Å². The number of amides is 2. The Morgan fingerprint density at radius 1 is 1.06 bits per heavy atom. The fourth-order valence-corrected chi connectivity index (χ4v) is 1.02. The average molecular weight is 238 g/mol. The monoisotopic (exact) mass is 238 g/mol. The Bertz CT molecular complexity index is 237. The summed E-state index contributed by atoms with van der Waals surface area (Å²) in [4.78, 5) is 11.2. The Kier molecular flexibility index (Phi) is 5.62. The van der Waals surface area contributed by atoms with Gasteiger partial charge in [0.05, 0.1) is 6.10 Å². The van der Waals surface area contributed by atoms with Gasteiger partial charge in [-0.15, -0.1) is 0 Å². The smallest absolute Gasteiger partial charge is 0.316 e. The minimum absolute atomic E-state index is 0.586. The van der Waals surface area contributed by atoms with E-state index in [-0.39, 0.29) is 0 Å². The van der Waals surface area contributed by atoms with Gasteiger partial charge in [0.2, 0.25) is 0 Å². The molecule has 0 fully saturated rings. The zero-order valence-corrected chi connectivity index (χ0v) is 9.06. The summed E-state index contributed by atoms with van der Waals surface area (Å²) in [7, 11) is 1.11. The van der Waals surface area contributed by atoms with Crippen LogP contribution in [0.1, 0.15) is 6.92 Å². The Labute approximate surface area is 92.5 Å². The second kappa shape index (κ2) is 5.97. The zero-order chi connectivity index (χ0) is 13.0. The molecule has 0 aliphatic rings. The van der Waals surface area contributed by atoms with Crippen molar-refractivity contribution in [2.75, 3.05) is 7.05 Å². The highest BCUT2D eigenvalue weighted by Crippen LogP contribution is 2.10. The number of aliphatic hydroxyl groups excluding tert-OH is 5. The Hall–Kier alpha value is -0.930. The fraction of sp³-hybridized carbons (Fsp3) is 0.875. The largest absolute Gasteiger partial charge is 0.391 e. The number of carbonyl (C=O) groups is 1. The first-order valence-electron chi connectivity index (χ1n) is 4.62. The van der Waals surface area contributed by atoms with E-state index in [1.165, 1.54) is 6.92 Å². The van der Waals surface area contributed by atoms with Gasteiger partial charge < -0.3 is 31.3 Å². The average Bonchev–Trinajstić information content (AvgIpc) is 2.23. The lowest BCUT2D eigenvalue weighted by molar-refractivity contribution is -0.152. The maximum atomic E-state index is 10.7. The van der Waals surface area contributed by atoms with Gasteiger partial charge in [-0.1, -0.05) is 0 Å². The number of hydrogen-bond donors (Lipinski definition) is 6. The Morgan fingerprint density at radius 2 is 1.50 bits per heavy atom. The third-order valence-electron chi connectivity index (χ3n) is 2.24. The lowest BCUT2D eigenvalue weighted by Crippen LogP contribution is -2.55. The van der Waals surface area contributed by atoms with E-state index in [9.17, 15) is 25.2 Å². The first-order valence-corrected chi connectivity index (χ1v) is 4.62. The van der Waals surface area contributed by atoms with Crippen molar-refractivity contribution in [1.82, 2.24) is 4.90 Å². The summed E-state index contributed by atoms with van der Waals surface area (Å²) in [6, 6.07) is -1.01. The molecular formula is C8H18N2O6. The van der Waals surface area contributed by atoms with Crippen molar-refractivity contribution >= 4 is 6.03 Å². The molecule has 0 aromatic rings. The van der Waals surface area contributed by atoms with Crippen molar-refractivity contribution in [3.8, 4) is 0 Å². The van der Waals surface area contributed by atoms with E-state index in [1.54, 1.807) is 0 Å². The third-order valence-corrected chi connectivity index (χ3v) is 2.24. The van der Waals surface area contributed by atoms with Crippen LogP contribution in [-0.2, 0) is 0 Å². The van der Waals surface area contributed by atoms with Gasteiger partial charge in [-0.25, -0.2) is 4.79 Å². The van der Waals surface area contributed by atoms with E-state index < -0.39 is 36.7 Å². The first-order chi connectivity index (χ1) is 7.20. The number of carbonyl (C=O) groups excluding carboxylic acids is 1. The molecule has 7 N–H and O–H groups in total. The summed E-state index contributed by atoms with van der Waals surface area (Å²) in [5, 5.41) is 46.3. The maximum Gasteiger partial charge on any atom is 0.316 e. The van der Waals surface area contributed by atoms with Gasteiger partial charge in [0.25, 0.3) is 0 Å². The van der Waals surface area contributed by atoms with Crippen LogP contribution in [0.15, 0.2) is 0 Å². The quantitative estimate of drug-likeness (QED) is 0.278. The second-order valence-corrected chi connectivity index (χ2v) is 3.58. The number of urea groups is 1. The predicted octanol–water partition coefficient (Wildman–Crippen LogP) is -3.22. The number of rotatable bonds is 5. The van der Waals surface area contributed by atoms with Crippen LogP contribution >= 0.6 is 0 Å². The van der Waals surface area contributed by atoms with Crippen LogP contribution in [-0.4, -0.2) is 74.2 Å². The lowest BCUT2D eigenvalue weighted by Gasteiger charge is -2.31. The predicted molar refractivity (Wildman–Crippen MR) is 53.1 cm³/mol. The highest BCUT2D eigenvalue weighted by molar-refractivity contribution is 5.71. The molecule has 5 unspecified atom stereocenters. The van der Waals surface area contributed by atoms with E-state index in [4.69, 9.17) is 10.8 Å². The highest BCUT2D eigenvalue weighted by Gasteiger charge is 2.35. The molecule has 0 spiro atoms. The topological polar surface area (TPSA) is 147 Å². The minimum atomic E-state index is -1.85. The number of primary amides is 1. The molecule has 0 saturated heterocycles. The van der Waals surface area contributed by atoms with Gasteiger partial charge in [-0.3, -0.25) is 4.90 Å². The number of hydrogen-bond acceptors (Lipinski definition) is 6. The van der Waals surface area contributed by atoms with E-state index in [2.05, 4.69) is 0 Å². The number of nitrogens with zero attached hydrogens (tertiary/aromatic N) is 1. The molecule has 96 valence electrons. The van der Waals surface area contributed by atoms with Crippen LogP contribution in [0.3, 0.4) is 0 Å². The van der Waals surface area contributed by atoms with Crippen LogP contribution in [0.2, 0.25) is 0 Å². The van der Waals surface area contributed by atoms with E-state index >= 15 is 0 Å². The van der Waals surface area contributed by atoms with Gasteiger partial charge >= 0.3 is 6.03 Å². The molecule has 0 aliphatic carbocycles. The summed E-state index contributed by atoms with van der Waals surface area (Å²) in [6.45, 7) is 1.20. The molecule has 16 heavy (non-hydrogen) atoms. The van der Waals surface area contributed by atoms with Crippen molar-refractivity contribution in [2.24, 2.45) is 5.73 Å². The van der Waals surface area contributed by atoms with Crippen molar-refractivity contribution in [1.29, 1.82) is 0 Å². The zero-order valence-electron chi connectivity index (χ0n) is 9.06. The molecule has 8 heteroatoms. The van der Waals surface area contributed by atoms with Crippen molar-refractivity contribution < 1.29 is 30.3 Å². The van der Waals surface area contributed by atoms with E-state index in [1.807, 2.05) is 0 Å². The van der Waals surface area contributed by atoms with Gasteiger partial charge in [0.1, 0.15) is 18.3 Å². The Balaban J connectivity index is 4.54. The number of aliphatic hydroxyl groups is 5. The molecule has 0 bridgehead atoms. The molecule has 0 aliphatic heterocycles. The van der Waals surface area contributed by atoms with E-state index in [0.717, 1.165) is 7.05 Å². The van der Waals surface area contributed by atoms with Crippen LogP contribution in [0.25, 0.3) is 0 Å². The summed E-state index contributed by atoms with van der Waals surface area (Å²) < 4.78 is 0. The number of likely N-dealkylation sites (N-methyl/N-ethyl adjacent to an activating group) is 1. The van der Waals surface area contributed by atoms with Crippen molar-refractivity contribution in [3.05, 3.63) is 0 Å². The molecule has 0 heterocycles. The normalized spacial score (nSPS) is 20.7. The minimum Gasteiger partial charge on any atom is -0.391 e. The van der Waals surface area contributed by atoms with E-state index in [0.29, 0.717) is 4.90 Å². The van der Waals surface area contributed by atoms with Crippen LogP contribution in [0.4, 0.5) is 4.79 Å². The fourth-order valence-electron chi connectivity index (χ4n) is 1.02. The molecule has 0 aromatic carbocycles. The molecule has 0 aromatic heterocycles. The summed E-state index contributed by atoms with van der Waals surface area (Å²) in [5.74, 6) is 0. The first kappa shape index (κ1) is 15.1. The van der Waals surface area contributed by atoms with Gasteiger partial charge in [-0.05, 0) is 6.92 Å². The summed E-state index contributed by atoms with van der Waals surface area (Å²) >= 11 is 0. The molecule has 0 radical (unpaired) electrons. The second-order valence-electron chi connectivity index (χ2n) is 3.58. The van der Waals surface area contributed by atoms with Crippen LogP contribution in [0, 0.1) is 0 Å². The van der Waals surface area contributed by atoms with Gasteiger partial charge in [-0.2, -0.15) is 0 Å². The van der Waals surface area contributed by atoms with Crippen LogP contribution < -0.4 is 5.73 Å². The Morgan fingerprint density at radius 3 is 1.81 bits per heavy atom. The van der Waals surface area contributed by atoms with Crippen molar-refractivity contribution in [2.45, 2.75) is 37.6 Å². The summed E-state index contributed by atoms with van der Waals surface area (Å²) in [6.07, 6.45) is -8.37. The molecular weight excluding hydrogens is 220 g/mol. The van der Waals surface area contributed by atoms with Crippen LogP contribution in [0.5, 0.6) is 0 Å². The lowest BCUT2D eigenvalue weighted by atomic mass is 10.0. The molecule has 0 saturated carbocycles. The van der Waals surface area contributed by atoms with Crippen molar-refractivity contribution in [3.63, 3.8) is 0 Å². The SMILES string of the molecule is CC(O)C(O)C(O)C(O)C(O)N(C)C(N)=O. The van der Waals surface area contributed by atoms with Gasteiger partial charge in [0, 0.05) is 7.05 Å². The standard InChI is InChI=1S/C8H18N2O6/c1-3(11)4(12)5(13)6(14)7(15)10(2)8(9)16/h3-7,11-15H,1-2H3,(H2,9,16). The maximum absolute atomic E-state index is 10.7. The molecule has 5 atom stereocenters. The summed E-state index contributed by atoms with van der Waals surface area (Å²) in [5.41, 5.74) is 4.83. The third kappa shape index (κ3) is 3.58. The molecule has 8 nitrogen and oxygen atoms in total.